The molecule has 1 atom stereocenters. The summed E-state index contributed by atoms with van der Waals surface area (Å²) in [5.41, 5.74) is 7.22. The highest BCUT2D eigenvalue weighted by atomic mass is 19.1. The zero-order valence-electron chi connectivity index (χ0n) is 11.0. The van der Waals surface area contributed by atoms with Crippen molar-refractivity contribution in [3.8, 4) is 0 Å². The minimum absolute atomic E-state index is 0.208. The smallest absolute Gasteiger partial charge is 0.127 e. The van der Waals surface area contributed by atoms with Crippen molar-refractivity contribution in [3.05, 3.63) is 35.1 Å². The second kappa shape index (κ2) is 6.72. The SMILES string of the molecule is CCC(C)CN(C)Cc1ccc(F)c(CN)c1. The number of rotatable bonds is 6. The molecule has 0 saturated carbocycles. The Morgan fingerprint density at radius 2 is 2.12 bits per heavy atom. The lowest BCUT2D eigenvalue weighted by atomic mass is 10.1. The van der Waals surface area contributed by atoms with E-state index in [0.29, 0.717) is 11.5 Å². The van der Waals surface area contributed by atoms with E-state index in [0.717, 1.165) is 18.7 Å². The minimum Gasteiger partial charge on any atom is -0.326 e. The monoisotopic (exact) mass is 238 g/mol. The number of hydrogen-bond acceptors (Lipinski definition) is 2. The van der Waals surface area contributed by atoms with Gasteiger partial charge < -0.3 is 10.6 Å². The van der Waals surface area contributed by atoms with E-state index in [1.54, 1.807) is 0 Å². The summed E-state index contributed by atoms with van der Waals surface area (Å²) >= 11 is 0. The van der Waals surface area contributed by atoms with Gasteiger partial charge in [0.05, 0.1) is 0 Å². The highest BCUT2D eigenvalue weighted by molar-refractivity contribution is 5.24. The maximum Gasteiger partial charge on any atom is 0.127 e. The molecule has 1 aromatic carbocycles. The van der Waals surface area contributed by atoms with Gasteiger partial charge >= 0.3 is 0 Å². The molecule has 3 heteroatoms. The molecule has 1 aromatic rings. The average Bonchev–Trinajstić information content (AvgIpc) is 2.31. The largest absolute Gasteiger partial charge is 0.326 e. The molecule has 0 spiro atoms. The van der Waals surface area contributed by atoms with Crippen LogP contribution in [0.15, 0.2) is 18.2 Å². The van der Waals surface area contributed by atoms with Gasteiger partial charge in [-0.1, -0.05) is 32.4 Å². The molecule has 0 fully saturated rings. The quantitative estimate of drug-likeness (QED) is 0.825. The summed E-state index contributed by atoms with van der Waals surface area (Å²) in [5.74, 6) is 0.482. The maximum absolute atomic E-state index is 13.3. The van der Waals surface area contributed by atoms with Crippen LogP contribution >= 0.6 is 0 Å². The molecule has 0 saturated heterocycles. The van der Waals surface area contributed by atoms with Crippen molar-refractivity contribution in [2.24, 2.45) is 11.7 Å². The molecule has 0 heterocycles. The Morgan fingerprint density at radius 3 is 2.71 bits per heavy atom. The van der Waals surface area contributed by atoms with Crippen LogP contribution in [0.3, 0.4) is 0 Å². The van der Waals surface area contributed by atoms with E-state index in [1.807, 2.05) is 12.1 Å². The maximum atomic E-state index is 13.3. The predicted octanol–water partition coefficient (Wildman–Crippen LogP) is 2.76. The third-order valence-electron chi connectivity index (χ3n) is 3.10. The molecular weight excluding hydrogens is 215 g/mol. The fourth-order valence-corrected chi connectivity index (χ4v) is 1.92. The molecule has 0 aliphatic heterocycles. The van der Waals surface area contributed by atoms with Gasteiger partial charge in [-0.2, -0.15) is 0 Å². The van der Waals surface area contributed by atoms with Gasteiger partial charge in [0, 0.05) is 25.2 Å². The number of nitrogens with two attached hydrogens (primary N) is 1. The van der Waals surface area contributed by atoms with Crippen LogP contribution in [0.2, 0.25) is 0 Å². The minimum atomic E-state index is -0.208. The standard InChI is InChI=1S/C14H23FN2/c1-4-11(2)9-17(3)10-12-5-6-14(15)13(7-12)8-16/h5-7,11H,4,8-10,16H2,1-3H3. The van der Waals surface area contributed by atoms with Gasteiger partial charge in [0.15, 0.2) is 0 Å². The van der Waals surface area contributed by atoms with E-state index >= 15 is 0 Å². The van der Waals surface area contributed by atoms with E-state index in [2.05, 4.69) is 25.8 Å². The van der Waals surface area contributed by atoms with E-state index < -0.39 is 0 Å². The van der Waals surface area contributed by atoms with E-state index in [1.165, 1.54) is 12.5 Å². The van der Waals surface area contributed by atoms with Crippen LogP contribution in [-0.2, 0) is 13.1 Å². The number of benzene rings is 1. The van der Waals surface area contributed by atoms with E-state index in [9.17, 15) is 4.39 Å². The fourth-order valence-electron chi connectivity index (χ4n) is 1.92. The van der Waals surface area contributed by atoms with Gasteiger partial charge in [0.1, 0.15) is 5.82 Å². The molecular formula is C14H23FN2. The lowest BCUT2D eigenvalue weighted by molar-refractivity contribution is 0.275. The van der Waals surface area contributed by atoms with Gasteiger partial charge in [-0.15, -0.1) is 0 Å². The zero-order valence-corrected chi connectivity index (χ0v) is 11.0. The molecule has 2 N–H and O–H groups in total. The first-order valence-corrected chi connectivity index (χ1v) is 6.22. The van der Waals surface area contributed by atoms with Gasteiger partial charge in [-0.05, 0) is 24.6 Å². The summed E-state index contributed by atoms with van der Waals surface area (Å²) in [7, 11) is 2.09. The molecule has 17 heavy (non-hydrogen) atoms. The highest BCUT2D eigenvalue weighted by Crippen LogP contribution is 2.12. The van der Waals surface area contributed by atoms with Crippen LogP contribution < -0.4 is 5.73 Å². The van der Waals surface area contributed by atoms with Crippen molar-refractivity contribution in [1.29, 1.82) is 0 Å². The van der Waals surface area contributed by atoms with Crippen LogP contribution in [-0.4, -0.2) is 18.5 Å². The van der Waals surface area contributed by atoms with Crippen LogP contribution in [0, 0.1) is 11.7 Å². The zero-order chi connectivity index (χ0) is 12.8. The van der Waals surface area contributed by atoms with E-state index in [-0.39, 0.29) is 12.4 Å². The molecule has 1 unspecified atom stereocenters. The van der Waals surface area contributed by atoms with Crippen molar-refractivity contribution < 1.29 is 4.39 Å². The normalized spacial score (nSPS) is 13.1. The van der Waals surface area contributed by atoms with Crippen LogP contribution in [0.1, 0.15) is 31.4 Å². The molecule has 0 radical (unpaired) electrons. The van der Waals surface area contributed by atoms with Crippen molar-refractivity contribution >= 4 is 0 Å². The van der Waals surface area contributed by atoms with E-state index in [4.69, 9.17) is 5.73 Å². The number of nitrogens with zero attached hydrogens (tertiary/aromatic N) is 1. The molecule has 1 rings (SSSR count). The number of halogens is 1. The second-order valence-electron chi connectivity index (χ2n) is 4.84. The topological polar surface area (TPSA) is 29.3 Å². The van der Waals surface area contributed by atoms with Gasteiger partial charge in [0.25, 0.3) is 0 Å². The molecule has 0 amide bonds. The lowest BCUT2D eigenvalue weighted by Crippen LogP contribution is -2.23. The third kappa shape index (κ3) is 4.44. The Morgan fingerprint density at radius 1 is 1.41 bits per heavy atom. The van der Waals surface area contributed by atoms with Crippen molar-refractivity contribution in [2.45, 2.75) is 33.4 Å². The molecule has 0 aromatic heterocycles. The van der Waals surface area contributed by atoms with Gasteiger partial charge in [-0.25, -0.2) is 4.39 Å². The molecule has 2 nitrogen and oxygen atoms in total. The summed E-state index contributed by atoms with van der Waals surface area (Å²) in [5, 5.41) is 0. The number of hydrogen-bond donors (Lipinski definition) is 1. The predicted molar refractivity (Wildman–Crippen MR) is 70.1 cm³/mol. The lowest BCUT2D eigenvalue weighted by Gasteiger charge is -2.20. The van der Waals surface area contributed by atoms with Gasteiger partial charge in [-0.3, -0.25) is 0 Å². The summed E-state index contributed by atoms with van der Waals surface area (Å²) < 4.78 is 13.3. The second-order valence-corrected chi connectivity index (χ2v) is 4.84. The Kier molecular flexibility index (Phi) is 5.59. The highest BCUT2D eigenvalue weighted by Gasteiger charge is 2.07. The summed E-state index contributed by atoms with van der Waals surface area (Å²) in [6, 6.07) is 5.21. The first kappa shape index (κ1) is 14.1. The Hall–Kier alpha value is -0.930. The van der Waals surface area contributed by atoms with Crippen molar-refractivity contribution in [3.63, 3.8) is 0 Å². The Bertz CT molecular complexity index is 352. The Balaban J connectivity index is 2.62. The fraction of sp³-hybridized carbons (Fsp3) is 0.571. The van der Waals surface area contributed by atoms with Crippen molar-refractivity contribution in [1.82, 2.24) is 4.90 Å². The average molecular weight is 238 g/mol. The first-order chi connectivity index (χ1) is 8.06. The summed E-state index contributed by atoms with van der Waals surface area (Å²) in [6.45, 7) is 6.60. The molecule has 0 aliphatic rings. The Labute approximate surface area is 104 Å². The van der Waals surface area contributed by atoms with Crippen LogP contribution in [0.25, 0.3) is 0 Å². The van der Waals surface area contributed by atoms with Crippen molar-refractivity contribution in [2.75, 3.05) is 13.6 Å². The molecule has 0 bridgehead atoms. The summed E-state index contributed by atoms with van der Waals surface area (Å²) in [6.07, 6.45) is 1.18. The first-order valence-electron chi connectivity index (χ1n) is 6.22. The molecule has 96 valence electrons. The van der Waals surface area contributed by atoms with Gasteiger partial charge in [0.2, 0.25) is 0 Å². The molecule has 0 aliphatic carbocycles. The van der Waals surface area contributed by atoms with Crippen LogP contribution in [0.4, 0.5) is 4.39 Å². The third-order valence-corrected chi connectivity index (χ3v) is 3.10. The van der Waals surface area contributed by atoms with Crippen LogP contribution in [0.5, 0.6) is 0 Å². The summed E-state index contributed by atoms with van der Waals surface area (Å²) in [4.78, 5) is 2.27.